The minimum atomic E-state index is -0.149. The normalized spacial score (nSPS) is 11.6. The second-order valence-corrected chi connectivity index (χ2v) is 7.12. The van der Waals surface area contributed by atoms with Crippen LogP contribution < -0.4 is 5.32 Å². The van der Waals surface area contributed by atoms with Crippen LogP contribution in [0.5, 0.6) is 0 Å². The number of nitrogens with zero attached hydrogens (tertiary/aromatic N) is 4. The second kappa shape index (κ2) is 8.45. The molecule has 7 heteroatoms. The number of benzene rings is 1. The average Bonchev–Trinajstić information content (AvgIpc) is 3.36. The molecule has 29 heavy (non-hydrogen) atoms. The van der Waals surface area contributed by atoms with Gasteiger partial charge in [-0.15, -0.1) is 0 Å². The molecule has 0 spiro atoms. The summed E-state index contributed by atoms with van der Waals surface area (Å²) >= 11 is 0. The molecule has 4 aromatic rings. The highest BCUT2D eigenvalue weighted by molar-refractivity contribution is 5.99. The van der Waals surface area contributed by atoms with Gasteiger partial charge in [-0.3, -0.25) is 9.69 Å². The summed E-state index contributed by atoms with van der Waals surface area (Å²) in [7, 11) is 0. The minimum absolute atomic E-state index is 0.149. The van der Waals surface area contributed by atoms with Crippen LogP contribution in [0.2, 0.25) is 0 Å². The molecule has 7 nitrogen and oxygen atoms in total. The lowest BCUT2D eigenvalue weighted by molar-refractivity contribution is 0.0955. The van der Waals surface area contributed by atoms with Gasteiger partial charge in [0, 0.05) is 48.1 Å². The van der Waals surface area contributed by atoms with Crippen molar-refractivity contribution in [3.63, 3.8) is 0 Å². The van der Waals surface area contributed by atoms with Crippen molar-refractivity contribution in [3.8, 4) is 0 Å². The average molecular weight is 390 g/mol. The third-order valence-electron chi connectivity index (χ3n) is 5.31. The highest BCUT2D eigenvalue weighted by Crippen LogP contribution is 2.18. The number of hydrogen-bond acceptors (Lipinski definition) is 4. The van der Waals surface area contributed by atoms with E-state index in [-0.39, 0.29) is 5.91 Å². The molecule has 3 aromatic heterocycles. The number of hydrogen-bond donors (Lipinski definition) is 2. The van der Waals surface area contributed by atoms with Gasteiger partial charge < -0.3 is 10.3 Å². The maximum atomic E-state index is 12.6. The lowest BCUT2D eigenvalue weighted by Gasteiger charge is -2.17. The van der Waals surface area contributed by atoms with Crippen LogP contribution in [0.1, 0.15) is 35.3 Å². The lowest BCUT2D eigenvalue weighted by atomic mass is 10.1. The van der Waals surface area contributed by atoms with Crippen molar-refractivity contribution < 1.29 is 4.79 Å². The zero-order chi connectivity index (χ0) is 20.2. The monoisotopic (exact) mass is 390 g/mol. The van der Waals surface area contributed by atoms with Gasteiger partial charge >= 0.3 is 0 Å². The molecule has 2 N–H and O–H groups in total. The Hall–Kier alpha value is -3.19. The molecule has 0 unspecified atom stereocenters. The Balaban J connectivity index is 1.42. The van der Waals surface area contributed by atoms with Crippen LogP contribution in [-0.2, 0) is 13.0 Å². The Morgan fingerprint density at radius 3 is 2.86 bits per heavy atom. The second-order valence-electron chi connectivity index (χ2n) is 7.12. The molecule has 4 rings (SSSR count). The number of carbonyl (C=O) groups excluding carboxylic acids is 1. The first kappa shape index (κ1) is 19.1. The van der Waals surface area contributed by atoms with Crippen LogP contribution in [0, 0.1) is 0 Å². The fourth-order valence-corrected chi connectivity index (χ4v) is 3.61. The number of nitrogens with one attached hydrogen (secondary N) is 2. The van der Waals surface area contributed by atoms with Crippen molar-refractivity contribution in [2.75, 3.05) is 19.6 Å². The van der Waals surface area contributed by atoms with E-state index >= 15 is 0 Å². The number of rotatable bonds is 8. The van der Waals surface area contributed by atoms with E-state index in [4.69, 9.17) is 0 Å². The highest BCUT2D eigenvalue weighted by atomic mass is 16.1. The van der Waals surface area contributed by atoms with Gasteiger partial charge in [-0.05, 0) is 31.1 Å². The SMILES string of the molecule is CCN(CC)Cc1cnc2c(C(=O)NCCc3c[nH]c4ccccc34)cnn2c1. The Kier molecular flexibility index (Phi) is 5.57. The summed E-state index contributed by atoms with van der Waals surface area (Å²) in [5.41, 5.74) is 4.47. The number of aromatic amines is 1. The highest BCUT2D eigenvalue weighted by Gasteiger charge is 2.14. The first-order chi connectivity index (χ1) is 14.2. The molecule has 0 bridgehead atoms. The number of amides is 1. The predicted octanol–water partition coefficient (Wildman–Crippen LogP) is 3.02. The van der Waals surface area contributed by atoms with Crippen LogP contribution >= 0.6 is 0 Å². The van der Waals surface area contributed by atoms with Gasteiger partial charge in [0.25, 0.3) is 5.91 Å². The van der Waals surface area contributed by atoms with E-state index in [1.165, 1.54) is 10.9 Å². The molecule has 0 aliphatic heterocycles. The molecule has 0 saturated heterocycles. The summed E-state index contributed by atoms with van der Waals surface area (Å²) in [5.74, 6) is -0.149. The van der Waals surface area contributed by atoms with Crippen LogP contribution in [0.15, 0.2) is 49.1 Å². The summed E-state index contributed by atoms with van der Waals surface area (Å²) in [6, 6.07) is 8.18. The van der Waals surface area contributed by atoms with Crippen molar-refractivity contribution in [1.29, 1.82) is 0 Å². The summed E-state index contributed by atoms with van der Waals surface area (Å²) in [6.07, 6.45) is 8.13. The standard InChI is InChI=1S/C22H26N6O/c1-3-27(4-2)14-16-11-25-21-19(13-26-28(21)15-16)22(29)23-10-9-17-12-24-20-8-6-5-7-18(17)20/h5-8,11-13,15,24H,3-4,9-10,14H2,1-2H3,(H,23,29). The van der Waals surface area contributed by atoms with Crippen LogP contribution in [-0.4, -0.2) is 50.0 Å². The van der Waals surface area contributed by atoms with Crippen LogP contribution in [0.4, 0.5) is 0 Å². The van der Waals surface area contributed by atoms with Crippen molar-refractivity contribution in [1.82, 2.24) is 29.8 Å². The Morgan fingerprint density at radius 2 is 2.03 bits per heavy atom. The van der Waals surface area contributed by atoms with Gasteiger partial charge in [0.1, 0.15) is 5.56 Å². The third-order valence-corrected chi connectivity index (χ3v) is 5.31. The lowest BCUT2D eigenvalue weighted by Crippen LogP contribution is -2.25. The van der Waals surface area contributed by atoms with Crippen molar-refractivity contribution in [2.45, 2.75) is 26.8 Å². The summed E-state index contributed by atoms with van der Waals surface area (Å²) in [4.78, 5) is 22.7. The smallest absolute Gasteiger partial charge is 0.256 e. The molecule has 0 saturated carbocycles. The molecule has 1 aromatic carbocycles. The van der Waals surface area contributed by atoms with E-state index in [2.05, 4.69) is 51.3 Å². The van der Waals surface area contributed by atoms with Crippen LogP contribution in [0.25, 0.3) is 16.6 Å². The zero-order valence-electron chi connectivity index (χ0n) is 16.9. The quantitative estimate of drug-likeness (QED) is 0.485. The van der Waals surface area contributed by atoms with Gasteiger partial charge in [0.2, 0.25) is 0 Å². The van der Waals surface area contributed by atoms with E-state index < -0.39 is 0 Å². The van der Waals surface area contributed by atoms with Crippen molar-refractivity contribution >= 4 is 22.5 Å². The first-order valence-electron chi connectivity index (χ1n) is 10.1. The van der Waals surface area contributed by atoms with Gasteiger partial charge in [0.15, 0.2) is 5.65 Å². The largest absolute Gasteiger partial charge is 0.361 e. The predicted molar refractivity (Wildman–Crippen MR) is 114 cm³/mol. The summed E-state index contributed by atoms with van der Waals surface area (Å²) in [6.45, 7) is 7.62. The van der Waals surface area contributed by atoms with E-state index in [0.29, 0.717) is 17.8 Å². The molecule has 1 amide bonds. The number of aromatic nitrogens is 4. The van der Waals surface area contributed by atoms with E-state index in [9.17, 15) is 4.79 Å². The van der Waals surface area contributed by atoms with Gasteiger partial charge in [0.05, 0.1) is 6.20 Å². The first-order valence-corrected chi connectivity index (χ1v) is 10.1. The Morgan fingerprint density at radius 1 is 1.21 bits per heavy atom. The molecular formula is C22H26N6O. The molecule has 0 aliphatic carbocycles. The Bertz CT molecular complexity index is 1120. The van der Waals surface area contributed by atoms with E-state index in [1.54, 1.807) is 10.7 Å². The van der Waals surface area contributed by atoms with Crippen molar-refractivity contribution in [3.05, 3.63) is 65.7 Å². The molecule has 0 aliphatic rings. The molecule has 0 atom stereocenters. The number of para-hydroxylation sites is 1. The maximum absolute atomic E-state index is 12.6. The summed E-state index contributed by atoms with van der Waals surface area (Å²) < 4.78 is 1.69. The molecular weight excluding hydrogens is 364 g/mol. The molecule has 0 fully saturated rings. The van der Waals surface area contributed by atoms with E-state index in [1.807, 2.05) is 30.7 Å². The number of H-pyrrole nitrogens is 1. The van der Waals surface area contributed by atoms with E-state index in [0.717, 1.165) is 37.1 Å². The number of fused-ring (bicyclic) bond motifs is 2. The molecule has 0 radical (unpaired) electrons. The van der Waals surface area contributed by atoms with Crippen LogP contribution in [0.3, 0.4) is 0 Å². The minimum Gasteiger partial charge on any atom is -0.361 e. The van der Waals surface area contributed by atoms with Gasteiger partial charge in [-0.1, -0.05) is 32.0 Å². The Labute approximate surface area is 169 Å². The maximum Gasteiger partial charge on any atom is 0.256 e. The molecule has 150 valence electrons. The third kappa shape index (κ3) is 4.00. The summed E-state index contributed by atoms with van der Waals surface area (Å²) in [5, 5.41) is 8.51. The molecule has 3 heterocycles. The number of carbonyl (C=O) groups is 1. The zero-order valence-corrected chi connectivity index (χ0v) is 16.9. The van der Waals surface area contributed by atoms with Gasteiger partial charge in [-0.2, -0.15) is 5.10 Å². The van der Waals surface area contributed by atoms with Crippen molar-refractivity contribution in [2.24, 2.45) is 0 Å². The topological polar surface area (TPSA) is 78.3 Å². The fourth-order valence-electron chi connectivity index (χ4n) is 3.61. The fraction of sp³-hybridized carbons (Fsp3) is 0.318. The van der Waals surface area contributed by atoms with Gasteiger partial charge in [-0.25, -0.2) is 9.50 Å².